The van der Waals surface area contributed by atoms with Gasteiger partial charge in [-0.1, -0.05) is 29.3 Å². The zero-order valence-corrected chi connectivity index (χ0v) is 12.8. The van der Waals surface area contributed by atoms with Crippen LogP contribution in [0.4, 0.5) is 0 Å². The number of carbonyl (C=O) groups is 1. The highest BCUT2D eigenvalue weighted by atomic mass is 35.5. The first-order valence-corrected chi connectivity index (χ1v) is 7.07. The number of carbonyl (C=O) groups excluding carboxylic acids is 1. The molecular formula is C15H14Cl2N2O2. The predicted molar refractivity (Wildman–Crippen MR) is 82.7 cm³/mol. The van der Waals surface area contributed by atoms with E-state index >= 15 is 0 Å². The Labute approximate surface area is 132 Å². The van der Waals surface area contributed by atoms with E-state index in [2.05, 4.69) is 10.3 Å². The number of pyridine rings is 1. The van der Waals surface area contributed by atoms with Crippen LogP contribution in [0, 0.1) is 6.92 Å². The average molecular weight is 325 g/mol. The molecule has 0 saturated carbocycles. The van der Waals surface area contributed by atoms with Gasteiger partial charge in [0.1, 0.15) is 0 Å². The number of benzene rings is 1. The van der Waals surface area contributed by atoms with Crippen LogP contribution >= 0.6 is 23.2 Å². The molecule has 110 valence electrons. The summed E-state index contributed by atoms with van der Waals surface area (Å²) < 4.78 is 0. The second kappa shape index (κ2) is 6.89. The maximum atomic E-state index is 11.9. The molecule has 0 spiro atoms. The Morgan fingerprint density at radius 1 is 1.33 bits per heavy atom. The molecule has 0 radical (unpaired) electrons. The van der Waals surface area contributed by atoms with E-state index in [9.17, 15) is 9.90 Å². The van der Waals surface area contributed by atoms with Crippen molar-refractivity contribution < 1.29 is 9.90 Å². The minimum absolute atomic E-state index is 0.0497. The van der Waals surface area contributed by atoms with E-state index in [0.717, 1.165) is 5.69 Å². The fraction of sp³-hybridized carbons (Fsp3) is 0.200. The van der Waals surface area contributed by atoms with Gasteiger partial charge in [-0.15, -0.1) is 0 Å². The van der Waals surface area contributed by atoms with Crippen molar-refractivity contribution in [3.63, 3.8) is 0 Å². The van der Waals surface area contributed by atoms with Gasteiger partial charge in [-0.05, 0) is 31.2 Å². The molecule has 0 bridgehead atoms. The maximum absolute atomic E-state index is 11.9. The van der Waals surface area contributed by atoms with Gasteiger partial charge in [-0.2, -0.15) is 0 Å². The molecule has 0 fully saturated rings. The van der Waals surface area contributed by atoms with E-state index in [0.29, 0.717) is 21.2 Å². The molecule has 1 atom stereocenters. The molecule has 0 aliphatic heterocycles. The minimum Gasteiger partial charge on any atom is -0.387 e. The largest absolute Gasteiger partial charge is 0.387 e. The van der Waals surface area contributed by atoms with E-state index in [1.165, 1.54) is 6.20 Å². The summed E-state index contributed by atoms with van der Waals surface area (Å²) in [5.74, 6) is -0.299. The van der Waals surface area contributed by atoms with Gasteiger partial charge in [0, 0.05) is 34.0 Å². The van der Waals surface area contributed by atoms with Crippen molar-refractivity contribution in [2.45, 2.75) is 13.0 Å². The van der Waals surface area contributed by atoms with E-state index < -0.39 is 6.10 Å². The van der Waals surface area contributed by atoms with Crippen molar-refractivity contribution in [1.82, 2.24) is 10.3 Å². The molecule has 1 unspecified atom stereocenters. The molecule has 4 nitrogen and oxygen atoms in total. The number of rotatable bonds is 4. The number of amides is 1. The number of aliphatic hydroxyl groups excluding tert-OH is 1. The Kier molecular flexibility index (Phi) is 5.17. The topological polar surface area (TPSA) is 62.2 Å². The van der Waals surface area contributed by atoms with Gasteiger partial charge in [-0.25, -0.2) is 0 Å². The van der Waals surface area contributed by atoms with E-state index in [1.54, 1.807) is 30.3 Å². The minimum atomic E-state index is -0.905. The van der Waals surface area contributed by atoms with Crippen LogP contribution in [0.3, 0.4) is 0 Å². The van der Waals surface area contributed by atoms with Crippen LogP contribution < -0.4 is 5.32 Å². The zero-order chi connectivity index (χ0) is 15.4. The first-order valence-electron chi connectivity index (χ1n) is 6.31. The lowest BCUT2D eigenvalue weighted by molar-refractivity contribution is 0.0916. The van der Waals surface area contributed by atoms with Gasteiger partial charge in [0.25, 0.3) is 5.91 Å². The van der Waals surface area contributed by atoms with Crippen molar-refractivity contribution in [2.75, 3.05) is 6.54 Å². The number of hydrogen-bond acceptors (Lipinski definition) is 3. The summed E-state index contributed by atoms with van der Waals surface area (Å²) in [7, 11) is 0. The molecular weight excluding hydrogens is 311 g/mol. The van der Waals surface area contributed by atoms with Crippen molar-refractivity contribution in [3.05, 3.63) is 63.4 Å². The van der Waals surface area contributed by atoms with E-state index in [-0.39, 0.29) is 12.5 Å². The van der Waals surface area contributed by atoms with Gasteiger partial charge in [-0.3, -0.25) is 9.78 Å². The lowest BCUT2D eigenvalue weighted by atomic mass is 10.1. The lowest BCUT2D eigenvalue weighted by Crippen LogP contribution is -2.28. The summed E-state index contributed by atoms with van der Waals surface area (Å²) in [5.41, 5.74) is 1.79. The summed E-state index contributed by atoms with van der Waals surface area (Å²) in [4.78, 5) is 16.0. The second-order valence-corrected chi connectivity index (χ2v) is 5.42. The number of aliphatic hydroxyl groups is 1. The Morgan fingerprint density at radius 3 is 2.71 bits per heavy atom. The van der Waals surface area contributed by atoms with Crippen LogP contribution in [0.5, 0.6) is 0 Å². The third-order valence-corrected chi connectivity index (χ3v) is 3.51. The van der Waals surface area contributed by atoms with Crippen molar-refractivity contribution >= 4 is 29.1 Å². The third kappa shape index (κ3) is 4.17. The summed E-state index contributed by atoms with van der Waals surface area (Å²) in [5, 5.41) is 13.6. The first-order chi connectivity index (χ1) is 9.97. The quantitative estimate of drug-likeness (QED) is 0.908. The molecule has 2 N–H and O–H groups in total. The highest BCUT2D eigenvalue weighted by Gasteiger charge is 2.14. The van der Waals surface area contributed by atoms with Gasteiger partial charge >= 0.3 is 0 Å². The van der Waals surface area contributed by atoms with Crippen LogP contribution in [-0.4, -0.2) is 22.5 Å². The highest BCUT2D eigenvalue weighted by molar-refractivity contribution is 6.35. The molecule has 0 aliphatic carbocycles. The number of hydrogen-bond donors (Lipinski definition) is 2. The Morgan fingerprint density at radius 2 is 2.10 bits per heavy atom. The summed E-state index contributed by atoms with van der Waals surface area (Å²) in [6, 6.07) is 8.25. The number of aromatic nitrogens is 1. The molecule has 0 saturated heterocycles. The molecule has 1 heterocycles. The summed E-state index contributed by atoms with van der Waals surface area (Å²) >= 11 is 11.8. The standard InChI is InChI=1S/C15H14Cl2N2O2/c1-9-2-3-10(7-18-9)15(21)19-8-14(20)12-5-4-11(16)6-13(12)17/h2-7,14,20H,8H2,1H3,(H,19,21). The van der Waals surface area contributed by atoms with Crippen LogP contribution in [0.2, 0.25) is 10.0 Å². The van der Waals surface area contributed by atoms with Crippen LogP contribution in [-0.2, 0) is 0 Å². The van der Waals surface area contributed by atoms with Crippen molar-refractivity contribution in [2.24, 2.45) is 0 Å². The van der Waals surface area contributed by atoms with Gasteiger partial charge in [0.05, 0.1) is 11.7 Å². The monoisotopic (exact) mass is 324 g/mol. The number of nitrogens with one attached hydrogen (secondary N) is 1. The second-order valence-electron chi connectivity index (χ2n) is 4.58. The fourth-order valence-electron chi connectivity index (χ4n) is 1.78. The van der Waals surface area contributed by atoms with E-state index in [1.807, 2.05) is 6.92 Å². The van der Waals surface area contributed by atoms with Gasteiger partial charge < -0.3 is 10.4 Å². The molecule has 6 heteroatoms. The van der Waals surface area contributed by atoms with Crippen molar-refractivity contribution in [3.8, 4) is 0 Å². The lowest BCUT2D eigenvalue weighted by Gasteiger charge is -2.14. The smallest absolute Gasteiger partial charge is 0.252 e. The fourth-order valence-corrected chi connectivity index (χ4v) is 2.31. The molecule has 2 rings (SSSR count). The summed E-state index contributed by atoms with van der Waals surface area (Å²) in [6.45, 7) is 1.89. The molecule has 1 amide bonds. The van der Waals surface area contributed by atoms with Gasteiger partial charge in [0.2, 0.25) is 0 Å². The number of halogens is 2. The Bertz CT molecular complexity index is 645. The Hall–Kier alpha value is -1.62. The average Bonchev–Trinajstić information content (AvgIpc) is 2.45. The summed E-state index contributed by atoms with van der Waals surface area (Å²) in [6.07, 6.45) is 0.587. The molecule has 1 aromatic carbocycles. The molecule has 21 heavy (non-hydrogen) atoms. The highest BCUT2D eigenvalue weighted by Crippen LogP contribution is 2.25. The molecule has 0 aliphatic rings. The Balaban J connectivity index is 1.98. The number of aryl methyl sites for hydroxylation is 1. The first kappa shape index (κ1) is 15.8. The SMILES string of the molecule is Cc1ccc(C(=O)NCC(O)c2ccc(Cl)cc2Cl)cn1. The van der Waals surface area contributed by atoms with Crippen LogP contribution in [0.15, 0.2) is 36.5 Å². The van der Waals surface area contributed by atoms with Gasteiger partial charge in [0.15, 0.2) is 0 Å². The maximum Gasteiger partial charge on any atom is 0.252 e. The third-order valence-electron chi connectivity index (χ3n) is 2.95. The molecule has 2 aromatic rings. The predicted octanol–water partition coefficient (Wildman–Crippen LogP) is 3.16. The van der Waals surface area contributed by atoms with Crippen LogP contribution in [0.1, 0.15) is 27.7 Å². The molecule has 1 aromatic heterocycles. The normalized spacial score (nSPS) is 12.0. The van der Waals surface area contributed by atoms with E-state index in [4.69, 9.17) is 23.2 Å². The number of nitrogens with zero attached hydrogens (tertiary/aromatic N) is 1. The van der Waals surface area contributed by atoms with Crippen molar-refractivity contribution in [1.29, 1.82) is 0 Å². The van der Waals surface area contributed by atoms with Crippen LogP contribution in [0.25, 0.3) is 0 Å². The zero-order valence-electron chi connectivity index (χ0n) is 11.3.